The van der Waals surface area contributed by atoms with E-state index in [1.807, 2.05) is 38.1 Å². The number of hydrogen-bond donors (Lipinski definition) is 0. The monoisotopic (exact) mass is 269 g/mol. The zero-order valence-electron chi connectivity index (χ0n) is 10.8. The molecule has 0 radical (unpaired) electrons. The van der Waals surface area contributed by atoms with Gasteiger partial charge in [-0.25, -0.2) is 8.42 Å². The molecule has 2 rings (SSSR count). The minimum absolute atomic E-state index is 0.0145. The molecule has 18 heavy (non-hydrogen) atoms. The Balaban J connectivity index is 1.85. The first-order valence-electron chi connectivity index (χ1n) is 6.22. The fourth-order valence-corrected chi connectivity index (χ4v) is 3.46. The molecule has 0 amide bonds. The molecule has 5 heteroatoms. The number of rotatable bonds is 5. The quantitative estimate of drug-likeness (QED) is 0.819. The maximum atomic E-state index is 11.7. The van der Waals surface area contributed by atoms with E-state index in [-0.39, 0.29) is 11.9 Å². The third kappa shape index (κ3) is 3.03. The van der Waals surface area contributed by atoms with E-state index < -0.39 is 10.0 Å². The van der Waals surface area contributed by atoms with Crippen molar-refractivity contribution in [3.63, 3.8) is 0 Å². The van der Waals surface area contributed by atoms with Crippen LogP contribution in [0.1, 0.15) is 18.9 Å². The smallest absolute Gasteiger partial charge is 0.214 e. The second-order valence-corrected chi connectivity index (χ2v) is 6.77. The van der Waals surface area contributed by atoms with Crippen molar-refractivity contribution in [3.05, 3.63) is 29.8 Å². The van der Waals surface area contributed by atoms with Crippen molar-refractivity contribution < 1.29 is 13.2 Å². The van der Waals surface area contributed by atoms with Gasteiger partial charge in [0.25, 0.3) is 0 Å². The molecule has 1 aromatic rings. The van der Waals surface area contributed by atoms with Crippen LogP contribution in [-0.2, 0) is 10.0 Å². The van der Waals surface area contributed by atoms with Gasteiger partial charge in [0.15, 0.2) is 0 Å². The van der Waals surface area contributed by atoms with Gasteiger partial charge in [0.05, 0.1) is 18.8 Å². The molecule has 1 aliphatic rings. The molecule has 0 saturated carbocycles. The van der Waals surface area contributed by atoms with Crippen LogP contribution < -0.4 is 4.74 Å². The minimum atomic E-state index is -3.05. The summed E-state index contributed by atoms with van der Waals surface area (Å²) < 4.78 is 30.6. The van der Waals surface area contributed by atoms with E-state index in [1.54, 1.807) is 0 Å². The van der Waals surface area contributed by atoms with E-state index in [0.29, 0.717) is 19.5 Å². The zero-order chi connectivity index (χ0) is 13.2. The summed E-state index contributed by atoms with van der Waals surface area (Å²) in [6.07, 6.45) is 0.641. The molecule has 0 spiro atoms. The Labute approximate surface area is 109 Å². The summed E-state index contributed by atoms with van der Waals surface area (Å²) in [4.78, 5) is 0. The molecule has 4 nitrogen and oxygen atoms in total. The normalized spacial score (nSPS) is 17.4. The molecule has 0 unspecified atom stereocenters. The largest absolute Gasteiger partial charge is 0.488 e. The molecule has 0 atom stereocenters. The Hall–Kier alpha value is -1.07. The van der Waals surface area contributed by atoms with Crippen LogP contribution in [0.25, 0.3) is 0 Å². The van der Waals surface area contributed by atoms with Crippen LogP contribution in [0, 0.1) is 6.92 Å². The maximum Gasteiger partial charge on any atom is 0.214 e. The van der Waals surface area contributed by atoms with Gasteiger partial charge in [-0.3, -0.25) is 0 Å². The summed E-state index contributed by atoms with van der Waals surface area (Å²) in [7, 11) is -3.05. The fourth-order valence-electron chi connectivity index (χ4n) is 1.90. The molecule has 0 aromatic heterocycles. The molecule has 1 aliphatic heterocycles. The molecule has 1 aromatic carbocycles. The summed E-state index contributed by atoms with van der Waals surface area (Å²) in [5.74, 6) is 1.03. The van der Waals surface area contributed by atoms with E-state index in [4.69, 9.17) is 4.74 Å². The Kier molecular flexibility index (Phi) is 3.92. The average molecular weight is 269 g/mol. The first kappa shape index (κ1) is 13.4. The lowest BCUT2D eigenvalue weighted by Crippen LogP contribution is -2.56. The van der Waals surface area contributed by atoms with Crippen molar-refractivity contribution in [2.75, 3.05) is 18.8 Å². The molecular formula is C13H19NO3S. The van der Waals surface area contributed by atoms with Crippen LogP contribution in [0.3, 0.4) is 0 Å². The van der Waals surface area contributed by atoms with E-state index in [1.165, 1.54) is 9.87 Å². The van der Waals surface area contributed by atoms with Crippen LogP contribution in [-0.4, -0.2) is 37.7 Å². The first-order valence-corrected chi connectivity index (χ1v) is 7.83. The van der Waals surface area contributed by atoms with Crippen molar-refractivity contribution in [2.45, 2.75) is 26.4 Å². The summed E-state index contributed by atoms with van der Waals surface area (Å²) in [5.41, 5.74) is 1.18. The van der Waals surface area contributed by atoms with Gasteiger partial charge in [-0.2, -0.15) is 4.31 Å². The molecular weight excluding hydrogens is 250 g/mol. The number of ether oxygens (including phenoxy) is 1. The van der Waals surface area contributed by atoms with Crippen molar-refractivity contribution in [1.29, 1.82) is 0 Å². The van der Waals surface area contributed by atoms with Crippen molar-refractivity contribution in [1.82, 2.24) is 4.31 Å². The number of benzene rings is 1. The number of hydrogen-bond acceptors (Lipinski definition) is 3. The lowest BCUT2D eigenvalue weighted by molar-refractivity contribution is 0.0762. The summed E-state index contributed by atoms with van der Waals surface area (Å²) in [5, 5.41) is 0. The molecule has 0 N–H and O–H groups in total. The lowest BCUT2D eigenvalue weighted by atomic mass is 10.2. The Morgan fingerprint density at radius 3 is 2.44 bits per heavy atom. The summed E-state index contributed by atoms with van der Waals surface area (Å²) in [6, 6.07) is 7.80. The zero-order valence-corrected chi connectivity index (χ0v) is 11.6. The average Bonchev–Trinajstić information content (AvgIpc) is 2.25. The SMILES string of the molecule is CCCS(=O)(=O)N1CC(Oc2ccc(C)cc2)C1. The van der Waals surface area contributed by atoms with Crippen LogP contribution in [0.2, 0.25) is 0 Å². The van der Waals surface area contributed by atoms with Crippen LogP contribution in [0.5, 0.6) is 5.75 Å². The Morgan fingerprint density at radius 1 is 1.28 bits per heavy atom. The van der Waals surface area contributed by atoms with Gasteiger partial charge >= 0.3 is 0 Å². The van der Waals surface area contributed by atoms with Gasteiger partial charge in [0, 0.05) is 0 Å². The predicted octanol–water partition coefficient (Wildman–Crippen LogP) is 1.80. The standard InChI is InChI=1S/C13H19NO3S/c1-3-8-18(15,16)14-9-13(10-14)17-12-6-4-11(2)5-7-12/h4-7,13H,3,8-10H2,1-2H3. The van der Waals surface area contributed by atoms with E-state index in [9.17, 15) is 8.42 Å². The third-order valence-electron chi connectivity index (χ3n) is 2.99. The van der Waals surface area contributed by atoms with Crippen LogP contribution >= 0.6 is 0 Å². The lowest BCUT2D eigenvalue weighted by Gasteiger charge is -2.37. The number of nitrogens with zero attached hydrogens (tertiary/aromatic N) is 1. The van der Waals surface area contributed by atoms with E-state index >= 15 is 0 Å². The second-order valence-electron chi connectivity index (χ2n) is 4.69. The number of aryl methyl sites for hydroxylation is 1. The second kappa shape index (κ2) is 5.28. The van der Waals surface area contributed by atoms with Crippen LogP contribution in [0.4, 0.5) is 0 Å². The molecule has 1 heterocycles. The van der Waals surface area contributed by atoms with Gasteiger partial charge in [0.1, 0.15) is 11.9 Å². The topological polar surface area (TPSA) is 46.6 Å². The molecule has 100 valence electrons. The Morgan fingerprint density at radius 2 is 1.89 bits per heavy atom. The van der Waals surface area contributed by atoms with Gasteiger partial charge in [-0.1, -0.05) is 24.6 Å². The van der Waals surface area contributed by atoms with Gasteiger partial charge in [-0.15, -0.1) is 0 Å². The summed E-state index contributed by atoms with van der Waals surface area (Å²) in [6.45, 7) is 4.83. The maximum absolute atomic E-state index is 11.7. The molecule has 0 bridgehead atoms. The predicted molar refractivity (Wildman–Crippen MR) is 71.2 cm³/mol. The highest BCUT2D eigenvalue weighted by molar-refractivity contribution is 7.89. The summed E-state index contributed by atoms with van der Waals surface area (Å²) >= 11 is 0. The highest BCUT2D eigenvalue weighted by Crippen LogP contribution is 2.21. The highest BCUT2D eigenvalue weighted by Gasteiger charge is 2.36. The van der Waals surface area contributed by atoms with Gasteiger partial charge < -0.3 is 4.74 Å². The Bertz CT molecular complexity index is 489. The molecule has 1 fully saturated rings. The molecule has 1 saturated heterocycles. The van der Waals surface area contributed by atoms with E-state index in [0.717, 1.165) is 5.75 Å². The van der Waals surface area contributed by atoms with Crippen molar-refractivity contribution in [2.24, 2.45) is 0 Å². The van der Waals surface area contributed by atoms with Gasteiger partial charge in [-0.05, 0) is 25.5 Å². The van der Waals surface area contributed by atoms with Crippen LogP contribution in [0.15, 0.2) is 24.3 Å². The van der Waals surface area contributed by atoms with E-state index in [2.05, 4.69) is 0 Å². The number of sulfonamides is 1. The molecule has 0 aliphatic carbocycles. The highest BCUT2D eigenvalue weighted by atomic mass is 32.2. The fraction of sp³-hybridized carbons (Fsp3) is 0.538. The van der Waals surface area contributed by atoms with Crippen molar-refractivity contribution >= 4 is 10.0 Å². The first-order chi connectivity index (χ1) is 8.51. The van der Waals surface area contributed by atoms with Gasteiger partial charge in [0.2, 0.25) is 10.0 Å². The minimum Gasteiger partial charge on any atom is -0.488 e. The van der Waals surface area contributed by atoms with Crippen molar-refractivity contribution in [3.8, 4) is 5.75 Å². The third-order valence-corrected chi connectivity index (χ3v) is 5.00.